The molecule has 1 fully saturated rings. The predicted octanol–water partition coefficient (Wildman–Crippen LogP) is 2.07. The summed E-state index contributed by atoms with van der Waals surface area (Å²) in [6.45, 7) is 5.42. The molecule has 0 radical (unpaired) electrons. The summed E-state index contributed by atoms with van der Waals surface area (Å²) in [5.74, 6) is -0.961. The Morgan fingerprint density at radius 1 is 1.40 bits per heavy atom. The number of carboxylic acids is 1. The van der Waals surface area contributed by atoms with Crippen LogP contribution in [0.1, 0.15) is 47.9 Å². The van der Waals surface area contributed by atoms with Gasteiger partial charge in [0.25, 0.3) is 5.91 Å². The van der Waals surface area contributed by atoms with Crippen molar-refractivity contribution in [1.82, 2.24) is 10.3 Å². The van der Waals surface area contributed by atoms with Crippen LogP contribution >= 0.6 is 0 Å². The van der Waals surface area contributed by atoms with E-state index in [0.29, 0.717) is 30.5 Å². The molecule has 2 N–H and O–H groups in total. The zero-order valence-electron chi connectivity index (χ0n) is 12.1. The number of pyridine rings is 1. The van der Waals surface area contributed by atoms with Crippen LogP contribution in [0, 0.1) is 19.3 Å². The molecule has 1 aliphatic rings. The smallest absolute Gasteiger partial charge is 0.309 e. The van der Waals surface area contributed by atoms with Crippen molar-refractivity contribution >= 4 is 11.9 Å². The molecule has 2 atom stereocenters. The second-order valence-corrected chi connectivity index (χ2v) is 5.86. The number of hydrogen-bond donors (Lipinski definition) is 2. The topological polar surface area (TPSA) is 79.3 Å². The average Bonchev–Trinajstić information content (AvgIpc) is 2.72. The molecule has 20 heavy (non-hydrogen) atoms. The van der Waals surface area contributed by atoms with E-state index in [1.54, 1.807) is 26.0 Å². The van der Waals surface area contributed by atoms with Crippen molar-refractivity contribution in [2.75, 3.05) is 0 Å². The van der Waals surface area contributed by atoms with Crippen molar-refractivity contribution in [3.8, 4) is 0 Å². The van der Waals surface area contributed by atoms with Crippen LogP contribution in [-0.2, 0) is 4.79 Å². The van der Waals surface area contributed by atoms with Gasteiger partial charge in [0.05, 0.1) is 16.7 Å². The highest BCUT2D eigenvalue weighted by molar-refractivity contribution is 5.95. The van der Waals surface area contributed by atoms with E-state index in [-0.39, 0.29) is 11.9 Å². The Hall–Kier alpha value is -1.91. The summed E-state index contributed by atoms with van der Waals surface area (Å²) < 4.78 is 0. The minimum atomic E-state index is -0.789. The molecule has 108 valence electrons. The van der Waals surface area contributed by atoms with E-state index in [2.05, 4.69) is 10.3 Å². The summed E-state index contributed by atoms with van der Waals surface area (Å²) in [5, 5.41) is 12.1. The maximum absolute atomic E-state index is 12.2. The lowest BCUT2D eigenvalue weighted by molar-refractivity contribution is -0.147. The van der Waals surface area contributed by atoms with Crippen molar-refractivity contribution < 1.29 is 14.7 Å². The van der Waals surface area contributed by atoms with Crippen LogP contribution in [0.5, 0.6) is 0 Å². The van der Waals surface area contributed by atoms with Gasteiger partial charge in [-0.2, -0.15) is 0 Å². The van der Waals surface area contributed by atoms with Gasteiger partial charge < -0.3 is 10.4 Å². The molecule has 0 spiro atoms. The molecule has 0 saturated heterocycles. The Balaban J connectivity index is 2.04. The maximum atomic E-state index is 12.2. The van der Waals surface area contributed by atoms with E-state index >= 15 is 0 Å². The number of carbonyl (C=O) groups excluding carboxylic acids is 1. The number of rotatable bonds is 3. The maximum Gasteiger partial charge on any atom is 0.309 e. The minimum Gasteiger partial charge on any atom is -0.481 e. The van der Waals surface area contributed by atoms with Gasteiger partial charge in [0, 0.05) is 11.7 Å². The summed E-state index contributed by atoms with van der Waals surface area (Å²) in [7, 11) is 0. The largest absolute Gasteiger partial charge is 0.481 e. The van der Waals surface area contributed by atoms with Crippen LogP contribution in [0.25, 0.3) is 0 Å². The molecule has 1 aromatic rings. The van der Waals surface area contributed by atoms with Gasteiger partial charge in [-0.3, -0.25) is 14.6 Å². The predicted molar refractivity (Wildman–Crippen MR) is 74.6 cm³/mol. The Bertz CT molecular complexity index is 556. The standard InChI is InChI=1S/C15H20N2O3/c1-9-4-5-12(10(2)16-9)13(18)17-11-6-7-15(3,8-11)14(19)20/h4-5,11H,6-8H2,1-3H3,(H,17,18)(H,19,20). The first-order valence-electron chi connectivity index (χ1n) is 6.80. The van der Waals surface area contributed by atoms with E-state index in [0.717, 1.165) is 5.69 Å². The van der Waals surface area contributed by atoms with Crippen molar-refractivity contribution in [3.63, 3.8) is 0 Å². The molecule has 5 nitrogen and oxygen atoms in total. The fourth-order valence-electron chi connectivity index (χ4n) is 2.75. The second kappa shape index (κ2) is 5.23. The summed E-state index contributed by atoms with van der Waals surface area (Å²) in [6.07, 6.45) is 1.78. The number of aromatic nitrogens is 1. The van der Waals surface area contributed by atoms with Crippen molar-refractivity contribution in [3.05, 3.63) is 29.1 Å². The monoisotopic (exact) mass is 276 g/mol. The highest BCUT2D eigenvalue weighted by Crippen LogP contribution is 2.38. The van der Waals surface area contributed by atoms with Crippen LogP contribution < -0.4 is 5.32 Å². The summed E-state index contributed by atoms with van der Waals surface area (Å²) in [5.41, 5.74) is 1.40. The lowest BCUT2D eigenvalue weighted by Gasteiger charge is -2.18. The van der Waals surface area contributed by atoms with Crippen molar-refractivity contribution in [2.45, 2.75) is 46.1 Å². The number of nitrogens with zero attached hydrogens (tertiary/aromatic N) is 1. The van der Waals surface area contributed by atoms with E-state index in [1.165, 1.54) is 0 Å². The lowest BCUT2D eigenvalue weighted by atomic mass is 9.89. The Kier molecular flexibility index (Phi) is 3.79. The lowest BCUT2D eigenvalue weighted by Crippen LogP contribution is -2.35. The molecule has 1 heterocycles. The molecule has 1 saturated carbocycles. The Morgan fingerprint density at radius 2 is 2.10 bits per heavy atom. The van der Waals surface area contributed by atoms with Gasteiger partial charge in [0.15, 0.2) is 0 Å². The van der Waals surface area contributed by atoms with Crippen LogP contribution in [0.15, 0.2) is 12.1 Å². The zero-order valence-corrected chi connectivity index (χ0v) is 12.1. The van der Waals surface area contributed by atoms with Crippen LogP contribution in [0.2, 0.25) is 0 Å². The van der Waals surface area contributed by atoms with E-state index in [1.807, 2.05) is 6.92 Å². The quantitative estimate of drug-likeness (QED) is 0.885. The van der Waals surface area contributed by atoms with Gasteiger partial charge in [-0.25, -0.2) is 0 Å². The van der Waals surface area contributed by atoms with Gasteiger partial charge in [0.1, 0.15) is 0 Å². The highest BCUT2D eigenvalue weighted by atomic mass is 16.4. The van der Waals surface area contributed by atoms with Gasteiger partial charge in [-0.1, -0.05) is 0 Å². The summed E-state index contributed by atoms with van der Waals surface area (Å²) >= 11 is 0. The molecule has 2 unspecified atom stereocenters. The second-order valence-electron chi connectivity index (χ2n) is 5.86. The molecular formula is C15H20N2O3. The molecular weight excluding hydrogens is 256 g/mol. The first kappa shape index (κ1) is 14.5. The SMILES string of the molecule is Cc1ccc(C(=O)NC2CCC(C)(C(=O)O)C2)c(C)n1. The van der Waals surface area contributed by atoms with E-state index in [4.69, 9.17) is 0 Å². The normalized spacial score (nSPS) is 25.4. The highest BCUT2D eigenvalue weighted by Gasteiger charge is 2.41. The van der Waals surface area contributed by atoms with Gasteiger partial charge in [-0.15, -0.1) is 0 Å². The molecule has 5 heteroatoms. The van der Waals surface area contributed by atoms with Crippen molar-refractivity contribution in [1.29, 1.82) is 0 Å². The number of carbonyl (C=O) groups is 2. The zero-order chi connectivity index (χ0) is 14.9. The van der Waals surface area contributed by atoms with Crippen LogP contribution in [0.4, 0.5) is 0 Å². The van der Waals surface area contributed by atoms with Crippen LogP contribution in [0.3, 0.4) is 0 Å². The first-order valence-corrected chi connectivity index (χ1v) is 6.80. The number of aliphatic carboxylic acids is 1. The molecule has 2 rings (SSSR count). The number of nitrogens with one attached hydrogen (secondary N) is 1. The van der Waals surface area contributed by atoms with E-state index in [9.17, 15) is 14.7 Å². The fourth-order valence-corrected chi connectivity index (χ4v) is 2.75. The Morgan fingerprint density at radius 3 is 2.65 bits per heavy atom. The molecule has 1 aliphatic carbocycles. The Labute approximate surface area is 118 Å². The third-order valence-corrected chi connectivity index (χ3v) is 4.06. The van der Waals surface area contributed by atoms with Crippen molar-refractivity contribution in [2.24, 2.45) is 5.41 Å². The molecule has 1 amide bonds. The summed E-state index contributed by atoms with van der Waals surface area (Å²) in [4.78, 5) is 27.7. The molecule has 1 aromatic heterocycles. The molecule has 0 aromatic carbocycles. The third kappa shape index (κ3) is 2.81. The molecule has 0 aliphatic heterocycles. The van der Waals surface area contributed by atoms with Gasteiger partial charge in [-0.05, 0) is 52.2 Å². The number of hydrogen-bond acceptors (Lipinski definition) is 3. The van der Waals surface area contributed by atoms with E-state index < -0.39 is 11.4 Å². The van der Waals surface area contributed by atoms with Gasteiger partial charge in [0.2, 0.25) is 0 Å². The van der Waals surface area contributed by atoms with Crippen LogP contribution in [-0.4, -0.2) is 28.0 Å². The number of aryl methyl sites for hydroxylation is 2. The van der Waals surface area contributed by atoms with Gasteiger partial charge >= 0.3 is 5.97 Å². The number of carboxylic acid groups (broad SMARTS) is 1. The number of amides is 1. The summed E-state index contributed by atoms with van der Waals surface area (Å²) in [6, 6.07) is 3.49. The fraction of sp³-hybridized carbons (Fsp3) is 0.533. The molecule has 0 bridgehead atoms. The minimum absolute atomic E-state index is 0.0793. The first-order chi connectivity index (χ1) is 9.32. The average molecular weight is 276 g/mol. The third-order valence-electron chi connectivity index (χ3n) is 4.06.